The molecule has 2 heterocycles. The lowest BCUT2D eigenvalue weighted by Gasteiger charge is -2.08. The third-order valence-corrected chi connectivity index (χ3v) is 3.32. The molecule has 0 aliphatic heterocycles. The van der Waals surface area contributed by atoms with Crippen LogP contribution in [0, 0.1) is 5.92 Å². The van der Waals surface area contributed by atoms with E-state index in [2.05, 4.69) is 22.1 Å². The SMILES string of the molecule is O=c1[nH]c(=O)c2c(CC3C=CCC3)cc(=O)oc2[nH]1. The summed E-state index contributed by atoms with van der Waals surface area (Å²) < 4.78 is 4.88. The molecule has 0 bridgehead atoms. The number of aromatic nitrogens is 2. The summed E-state index contributed by atoms with van der Waals surface area (Å²) in [4.78, 5) is 39.0. The number of nitrogens with one attached hydrogen (secondary N) is 2. The molecule has 0 saturated carbocycles. The number of fused-ring (bicyclic) bond motifs is 1. The summed E-state index contributed by atoms with van der Waals surface area (Å²) in [6, 6.07) is 1.32. The van der Waals surface area contributed by atoms with Crippen LogP contribution in [-0.2, 0) is 6.42 Å². The molecule has 6 nitrogen and oxygen atoms in total. The van der Waals surface area contributed by atoms with E-state index < -0.39 is 16.9 Å². The first-order chi connectivity index (χ1) is 9.13. The van der Waals surface area contributed by atoms with Gasteiger partial charge in [-0.3, -0.25) is 14.8 Å². The van der Waals surface area contributed by atoms with Gasteiger partial charge in [0.15, 0.2) is 0 Å². The zero-order chi connectivity index (χ0) is 13.4. The molecule has 0 aromatic carbocycles. The number of hydrogen-bond acceptors (Lipinski definition) is 4. The average molecular weight is 260 g/mol. The number of rotatable bonds is 2. The van der Waals surface area contributed by atoms with Crippen LogP contribution in [0.4, 0.5) is 0 Å². The Kier molecular flexibility index (Phi) is 2.70. The van der Waals surface area contributed by atoms with Gasteiger partial charge in [0, 0.05) is 6.07 Å². The van der Waals surface area contributed by atoms with Crippen LogP contribution in [0.25, 0.3) is 11.1 Å². The minimum absolute atomic E-state index is 0.0572. The van der Waals surface area contributed by atoms with Gasteiger partial charge < -0.3 is 4.42 Å². The fourth-order valence-corrected chi connectivity index (χ4v) is 2.49. The highest BCUT2D eigenvalue weighted by molar-refractivity contribution is 5.75. The van der Waals surface area contributed by atoms with Crippen molar-refractivity contribution < 1.29 is 4.42 Å². The van der Waals surface area contributed by atoms with Gasteiger partial charge in [-0.15, -0.1) is 0 Å². The monoisotopic (exact) mass is 260 g/mol. The molecule has 19 heavy (non-hydrogen) atoms. The van der Waals surface area contributed by atoms with Gasteiger partial charge in [-0.05, 0) is 30.7 Å². The first-order valence-corrected chi connectivity index (χ1v) is 6.09. The summed E-state index contributed by atoms with van der Waals surface area (Å²) in [6.07, 6.45) is 6.78. The van der Waals surface area contributed by atoms with Crippen molar-refractivity contribution in [1.82, 2.24) is 9.97 Å². The maximum atomic E-state index is 11.8. The van der Waals surface area contributed by atoms with E-state index in [9.17, 15) is 14.4 Å². The fourth-order valence-electron chi connectivity index (χ4n) is 2.49. The third kappa shape index (κ3) is 2.16. The second kappa shape index (κ2) is 4.38. The molecule has 2 aromatic heterocycles. The number of hydrogen-bond donors (Lipinski definition) is 2. The first-order valence-electron chi connectivity index (χ1n) is 6.09. The molecule has 0 amide bonds. The molecular weight excluding hydrogens is 248 g/mol. The van der Waals surface area contributed by atoms with Crippen LogP contribution in [0.15, 0.2) is 37.0 Å². The molecule has 3 rings (SSSR count). The van der Waals surface area contributed by atoms with Crippen molar-refractivity contribution in [2.24, 2.45) is 5.92 Å². The van der Waals surface area contributed by atoms with Gasteiger partial charge in [0.2, 0.25) is 5.71 Å². The standard InChI is InChI=1S/C13H12N2O4/c16-9-6-8(5-7-3-1-2-4-7)10-11(17)14-13(18)15-12(10)19-9/h1,3,6-7H,2,4-5H2,(H2,14,15,17,18). The lowest BCUT2D eigenvalue weighted by Crippen LogP contribution is -2.24. The molecule has 98 valence electrons. The summed E-state index contributed by atoms with van der Waals surface area (Å²) in [6.45, 7) is 0. The predicted molar refractivity (Wildman–Crippen MR) is 69.3 cm³/mol. The number of H-pyrrole nitrogens is 2. The van der Waals surface area contributed by atoms with E-state index in [1.807, 2.05) is 0 Å². The second-order valence-electron chi connectivity index (χ2n) is 4.67. The molecule has 6 heteroatoms. The summed E-state index contributed by atoms with van der Waals surface area (Å²) in [5.74, 6) is 0.316. The van der Waals surface area contributed by atoms with Crippen molar-refractivity contribution in [1.29, 1.82) is 0 Å². The minimum atomic E-state index is -0.682. The Hall–Kier alpha value is -2.37. The predicted octanol–water partition coefficient (Wildman–Crippen LogP) is 0.678. The Morgan fingerprint density at radius 3 is 2.84 bits per heavy atom. The van der Waals surface area contributed by atoms with E-state index in [0.717, 1.165) is 12.8 Å². The summed E-state index contributed by atoms with van der Waals surface area (Å²) in [5.41, 5.74) is -1.22. The van der Waals surface area contributed by atoms with E-state index in [0.29, 0.717) is 17.9 Å². The maximum absolute atomic E-state index is 11.8. The van der Waals surface area contributed by atoms with Crippen LogP contribution in [-0.4, -0.2) is 9.97 Å². The quantitative estimate of drug-likeness (QED) is 0.776. The Morgan fingerprint density at radius 1 is 1.26 bits per heavy atom. The van der Waals surface area contributed by atoms with E-state index in [-0.39, 0.29) is 11.1 Å². The molecule has 0 fully saturated rings. The Balaban J connectivity index is 2.22. The summed E-state index contributed by atoms with van der Waals surface area (Å²) >= 11 is 0. The maximum Gasteiger partial charge on any atom is 0.337 e. The zero-order valence-corrected chi connectivity index (χ0v) is 10.1. The topological polar surface area (TPSA) is 95.9 Å². The minimum Gasteiger partial charge on any atom is -0.405 e. The molecule has 1 unspecified atom stereocenters. The van der Waals surface area contributed by atoms with Crippen LogP contribution in [0.2, 0.25) is 0 Å². The van der Waals surface area contributed by atoms with Gasteiger partial charge in [0.25, 0.3) is 5.56 Å². The van der Waals surface area contributed by atoms with Gasteiger partial charge >= 0.3 is 11.3 Å². The van der Waals surface area contributed by atoms with Crippen molar-refractivity contribution in [3.05, 3.63) is 55.0 Å². The second-order valence-corrected chi connectivity index (χ2v) is 4.67. The molecule has 0 spiro atoms. The van der Waals surface area contributed by atoms with Crippen LogP contribution in [0.1, 0.15) is 18.4 Å². The van der Waals surface area contributed by atoms with Gasteiger partial charge in [-0.25, -0.2) is 9.59 Å². The third-order valence-electron chi connectivity index (χ3n) is 3.32. The Morgan fingerprint density at radius 2 is 2.11 bits per heavy atom. The van der Waals surface area contributed by atoms with E-state index in [1.165, 1.54) is 6.07 Å². The van der Waals surface area contributed by atoms with Crippen molar-refractivity contribution in [2.45, 2.75) is 19.3 Å². The van der Waals surface area contributed by atoms with Crippen molar-refractivity contribution in [2.75, 3.05) is 0 Å². The van der Waals surface area contributed by atoms with Crippen LogP contribution < -0.4 is 16.9 Å². The van der Waals surface area contributed by atoms with E-state index >= 15 is 0 Å². The highest BCUT2D eigenvalue weighted by atomic mass is 16.4. The normalized spacial score (nSPS) is 18.2. The number of aromatic amines is 2. The van der Waals surface area contributed by atoms with E-state index in [4.69, 9.17) is 4.42 Å². The summed E-state index contributed by atoms with van der Waals surface area (Å²) in [5, 5.41) is 0.250. The Bertz CT molecular complexity index is 820. The average Bonchev–Trinajstić information content (AvgIpc) is 2.79. The van der Waals surface area contributed by atoms with Crippen molar-refractivity contribution >= 4 is 11.1 Å². The van der Waals surface area contributed by atoms with E-state index in [1.54, 1.807) is 0 Å². The molecule has 0 saturated heterocycles. The molecular formula is C13H12N2O4. The molecule has 0 radical (unpaired) electrons. The number of allylic oxidation sites excluding steroid dienone is 2. The van der Waals surface area contributed by atoms with Crippen molar-refractivity contribution in [3.8, 4) is 0 Å². The van der Waals surface area contributed by atoms with Gasteiger partial charge in [-0.1, -0.05) is 12.2 Å². The van der Waals surface area contributed by atoms with Crippen LogP contribution >= 0.6 is 0 Å². The molecule has 1 aliphatic carbocycles. The van der Waals surface area contributed by atoms with Gasteiger partial charge in [-0.2, -0.15) is 0 Å². The molecule has 1 atom stereocenters. The largest absolute Gasteiger partial charge is 0.405 e. The van der Waals surface area contributed by atoms with Gasteiger partial charge in [0.1, 0.15) is 5.39 Å². The zero-order valence-electron chi connectivity index (χ0n) is 10.1. The molecule has 1 aliphatic rings. The Labute approximate surface area is 106 Å². The smallest absolute Gasteiger partial charge is 0.337 e. The molecule has 2 aromatic rings. The van der Waals surface area contributed by atoms with Gasteiger partial charge in [0.05, 0.1) is 0 Å². The van der Waals surface area contributed by atoms with Crippen LogP contribution in [0.5, 0.6) is 0 Å². The lowest BCUT2D eigenvalue weighted by molar-refractivity contribution is 0.540. The fraction of sp³-hybridized carbons (Fsp3) is 0.308. The highest BCUT2D eigenvalue weighted by Gasteiger charge is 2.16. The highest BCUT2D eigenvalue weighted by Crippen LogP contribution is 2.23. The van der Waals surface area contributed by atoms with Crippen molar-refractivity contribution in [3.63, 3.8) is 0 Å². The lowest BCUT2D eigenvalue weighted by atomic mass is 9.98. The van der Waals surface area contributed by atoms with Crippen LogP contribution in [0.3, 0.4) is 0 Å². The first kappa shape index (κ1) is 11.7. The summed E-state index contributed by atoms with van der Waals surface area (Å²) in [7, 11) is 0. The molecule has 2 N–H and O–H groups in total.